The number of nitrogens with zero attached hydrogens (tertiary/aromatic N) is 1. The fourth-order valence-electron chi connectivity index (χ4n) is 1.54. The third-order valence-corrected chi connectivity index (χ3v) is 3.83. The van der Waals surface area contributed by atoms with Gasteiger partial charge in [-0.25, -0.2) is 4.79 Å². The Hall–Kier alpha value is -2.14. The Morgan fingerprint density at radius 3 is 2.43 bits per heavy atom. The van der Waals surface area contributed by atoms with E-state index in [1.54, 1.807) is 48.5 Å². The van der Waals surface area contributed by atoms with E-state index in [-0.39, 0.29) is 5.75 Å². The van der Waals surface area contributed by atoms with Crippen molar-refractivity contribution in [3.05, 3.63) is 53.6 Å². The first kappa shape index (κ1) is 17.2. The van der Waals surface area contributed by atoms with Crippen LogP contribution < -0.4 is 14.2 Å². The third-order valence-electron chi connectivity index (χ3n) is 2.69. The molecule has 2 rings (SSSR count). The molecule has 2 atom stereocenters. The lowest BCUT2D eigenvalue weighted by Crippen LogP contribution is -2.13. The lowest BCUT2D eigenvalue weighted by atomic mass is 10.3. The van der Waals surface area contributed by atoms with Gasteiger partial charge in [0.1, 0.15) is 5.75 Å². The topological polar surface area (TPSA) is 91.2 Å². The van der Waals surface area contributed by atoms with Gasteiger partial charge in [0, 0.05) is 5.02 Å². The standard InChI is InChI=1S/C15H13ClNO5P/c1-10(15(18)19)17-23(20)22-14-5-3-2-4-13(14)21-12-8-6-11(16)7-9-12/h2-10H,1H3,(H,18,19). The van der Waals surface area contributed by atoms with Crippen molar-refractivity contribution in [2.24, 2.45) is 4.74 Å². The van der Waals surface area contributed by atoms with Gasteiger partial charge in [-0.05, 0) is 43.3 Å². The van der Waals surface area contributed by atoms with E-state index < -0.39 is 20.2 Å². The molecule has 0 saturated heterocycles. The highest BCUT2D eigenvalue weighted by Crippen LogP contribution is 2.36. The molecule has 2 aromatic carbocycles. The molecule has 0 radical (unpaired) electrons. The number of ether oxygens (including phenoxy) is 1. The Bertz CT molecular complexity index is 720. The van der Waals surface area contributed by atoms with Crippen LogP contribution in [0.5, 0.6) is 17.2 Å². The summed E-state index contributed by atoms with van der Waals surface area (Å²) in [5.41, 5.74) is 0. The summed E-state index contributed by atoms with van der Waals surface area (Å²) in [5, 5.41) is 9.33. The minimum absolute atomic E-state index is 0.199. The molecule has 0 aliphatic carbocycles. The maximum atomic E-state index is 11.8. The SMILES string of the molecule is CC(/N=[P+](\[O-])Oc1ccccc1Oc1ccc(Cl)cc1)C(=O)O. The molecule has 0 amide bonds. The van der Waals surface area contributed by atoms with E-state index in [1.807, 2.05) is 0 Å². The number of hydrogen-bond acceptors (Lipinski definition) is 5. The maximum Gasteiger partial charge on any atom is 0.395 e. The van der Waals surface area contributed by atoms with Crippen LogP contribution in [0.15, 0.2) is 53.3 Å². The average Bonchev–Trinajstić information content (AvgIpc) is 2.51. The van der Waals surface area contributed by atoms with Crippen LogP contribution in [0.4, 0.5) is 0 Å². The molecule has 6 nitrogen and oxygen atoms in total. The molecule has 0 fully saturated rings. The molecule has 0 heterocycles. The van der Waals surface area contributed by atoms with Gasteiger partial charge in [-0.3, -0.25) is 4.52 Å². The smallest absolute Gasteiger partial charge is 0.395 e. The fourth-order valence-corrected chi connectivity index (χ4v) is 2.41. The van der Waals surface area contributed by atoms with Gasteiger partial charge >= 0.3 is 14.1 Å². The predicted octanol–water partition coefficient (Wildman–Crippen LogP) is 3.84. The number of carbonyl (C=O) groups is 1. The van der Waals surface area contributed by atoms with Gasteiger partial charge in [-0.15, -0.1) is 0 Å². The number of benzene rings is 2. The highest BCUT2D eigenvalue weighted by molar-refractivity contribution is 7.34. The molecule has 2 unspecified atom stereocenters. The number of para-hydroxylation sites is 2. The minimum Gasteiger partial charge on any atom is -0.575 e. The zero-order chi connectivity index (χ0) is 16.8. The van der Waals surface area contributed by atoms with Crippen molar-refractivity contribution in [1.29, 1.82) is 0 Å². The molecule has 2 aromatic rings. The van der Waals surface area contributed by atoms with Crippen LogP contribution in [0.25, 0.3) is 0 Å². The van der Waals surface area contributed by atoms with Gasteiger partial charge < -0.3 is 14.7 Å². The van der Waals surface area contributed by atoms with Crippen LogP contribution in [-0.2, 0) is 4.79 Å². The van der Waals surface area contributed by atoms with E-state index in [0.29, 0.717) is 16.5 Å². The number of aliphatic carboxylic acids is 1. The molecule has 23 heavy (non-hydrogen) atoms. The highest BCUT2D eigenvalue weighted by Gasteiger charge is 2.17. The van der Waals surface area contributed by atoms with Crippen LogP contribution in [0, 0.1) is 0 Å². The first-order valence-electron chi connectivity index (χ1n) is 6.57. The summed E-state index contributed by atoms with van der Waals surface area (Å²) >= 11 is 5.81. The van der Waals surface area contributed by atoms with Crippen molar-refractivity contribution >= 4 is 25.7 Å². The third kappa shape index (κ3) is 5.21. The summed E-state index contributed by atoms with van der Waals surface area (Å²) in [6.45, 7) is 1.31. The van der Waals surface area contributed by atoms with Gasteiger partial charge in [-0.1, -0.05) is 28.5 Å². The van der Waals surface area contributed by atoms with E-state index in [9.17, 15) is 9.69 Å². The van der Waals surface area contributed by atoms with Gasteiger partial charge in [-0.2, -0.15) is 0 Å². The fraction of sp³-hybridized carbons (Fsp3) is 0.133. The summed E-state index contributed by atoms with van der Waals surface area (Å²) in [7, 11) is -2.53. The Kier molecular flexibility index (Phi) is 5.93. The van der Waals surface area contributed by atoms with Crippen molar-refractivity contribution in [2.45, 2.75) is 13.0 Å². The summed E-state index contributed by atoms with van der Waals surface area (Å²) < 4.78 is 14.4. The number of hydrogen-bond donors (Lipinski definition) is 1. The molecular weight excluding hydrogens is 341 g/mol. The molecular formula is C15H13ClNO5P. The van der Waals surface area contributed by atoms with Crippen molar-refractivity contribution < 1.29 is 24.1 Å². The lowest BCUT2D eigenvalue weighted by Gasteiger charge is -2.08. The van der Waals surface area contributed by atoms with E-state index in [1.165, 1.54) is 6.92 Å². The quantitative estimate of drug-likeness (QED) is 0.797. The number of carboxylic acid groups (broad SMARTS) is 1. The Labute approximate surface area is 138 Å². The van der Waals surface area contributed by atoms with Crippen molar-refractivity contribution in [3.63, 3.8) is 0 Å². The molecule has 120 valence electrons. The zero-order valence-electron chi connectivity index (χ0n) is 12.0. The first-order chi connectivity index (χ1) is 11.0. The highest BCUT2D eigenvalue weighted by atomic mass is 35.5. The molecule has 0 aromatic heterocycles. The Morgan fingerprint density at radius 2 is 1.83 bits per heavy atom. The van der Waals surface area contributed by atoms with Crippen LogP contribution in [-0.4, -0.2) is 17.1 Å². The van der Waals surface area contributed by atoms with Crippen LogP contribution >= 0.6 is 19.8 Å². The summed E-state index contributed by atoms with van der Waals surface area (Å²) in [4.78, 5) is 22.5. The molecule has 1 N–H and O–H groups in total. The van der Waals surface area contributed by atoms with E-state index in [2.05, 4.69) is 4.74 Å². The molecule has 0 aliphatic heterocycles. The Balaban J connectivity index is 2.17. The molecule has 0 saturated carbocycles. The number of halogens is 1. The van der Waals surface area contributed by atoms with Crippen molar-refractivity contribution in [2.75, 3.05) is 0 Å². The van der Waals surface area contributed by atoms with E-state index in [4.69, 9.17) is 26.0 Å². The monoisotopic (exact) mass is 353 g/mol. The summed E-state index contributed by atoms with van der Waals surface area (Å²) in [5.74, 6) is -0.125. The van der Waals surface area contributed by atoms with E-state index in [0.717, 1.165) is 0 Å². The molecule has 0 bridgehead atoms. The largest absolute Gasteiger partial charge is 0.575 e. The lowest BCUT2D eigenvalue weighted by molar-refractivity contribution is -0.169. The second kappa shape index (κ2) is 7.92. The van der Waals surface area contributed by atoms with Gasteiger partial charge in [0.05, 0.1) is 0 Å². The van der Waals surface area contributed by atoms with Crippen molar-refractivity contribution in [3.8, 4) is 17.2 Å². The van der Waals surface area contributed by atoms with Crippen molar-refractivity contribution in [1.82, 2.24) is 0 Å². The normalized spacial score (nSPS) is 12.6. The second-order valence-corrected chi connectivity index (χ2v) is 5.79. The number of rotatable bonds is 6. The summed E-state index contributed by atoms with van der Waals surface area (Å²) in [6.07, 6.45) is 0. The molecule has 0 aliphatic rings. The maximum absolute atomic E-state index is 11.8. The van der Waals surface area contributed by atoms with E-state index >= 15 is 0 Å². The first-order valence-corrected chi connectivity index (χ1v) is 8.08. The number of carboxylic acids is 1. The zero-order valence-corrected chi connectivity index (χ0v) is 13.7. The minimum atomic E-state index is -2.53. The molecule has 0 spiro atoms. The Morgan fingerprint density at radius 1 is 1.22 bits per heavy atom. The average molecular weight is 354 g/mol. The van der Waals surface area contributed by atoms with Crippen LogP contribution in [0.2, 0.25) is 5.02 Å². The van der Waals surface area contributed by atoms with Crippen LogP contribution in [0.3, 0.4) is 0 Å². The van der Waals surface area contributed by atoms with Gasteiger partial charge in [0.2, 0.25) is 5.75 Å². The summed E-state index contributed by atoms with van der Waals surface area (Å²) in [6, 6.07) is 12.2. The van der Waals surface area contributed by atoms with Gasteiger partial charge in [0.25, 0.3) is 0 Å². The van der Waals surface area contributed by atoms with Crippen LogP contribution in [0.1, 0.15) is 6.92 Å². The second-order valence-electron chi connectivity index (χ2n) is 4.46. The molecule has 8 heteroatoms. The van der Waals surface area contributed by atoms with Gasteiger partial charge in [0.15, 0.2) is 11.8 Å². The predicted molar refractivity (Wildman–Crippen MR) is 85.0 cm³/mol.